The minimum atomic E-state index is -0.391. The summed E-state index contributed by atoms with van der Waals surface area (Å²) in [6, 6.07) is 6.48. The molecule has 2 saturated heterocycles. The number of carbonyl (C=O) groups is 1. The van der Waals surface area contributed by atoms with Crippen molar-refractivity contribution in [3.05, 3.63) is 29.3 Å². The molecule has 4 aliphatic rings. The van der Waals surface area contributed by atoms with E-state index < -0.39 is 5.91 Å². The fourth-order valence-corrected chi connectivity index (χ4v) is 5.51. The number of nitrogens with zero attached hydrogens (tertiary/aromatic N) is 1. The second-order valence-corrected chi connectivity index (χ2v) is 8.46. The highest BCUT2D eigenvalue weighted by atomic mass is 16.5. The summed E-state index contributed by atoms with van der Waals surface area (Å²) in [6.45, 7) is 4.38. The zero-order chi connectivity index (χ0) is 17.7. The van der Waals surface area contributed by atoms with Gasteiger partial charge in [0.25, 0.3) is 5.91 Å². The number of carbonyl (C=O) groups excluding carboxylic acids is 1. The van der Waals surface area contributed by atoms with Gasteiger partial charge in [0.15, 0.2) is 0 Å². The van der Waals surface area contributed by atoms with Crippen LogP contribution in [0, 0.1) is 17.8 Å². The number of hydrogen-bond donors (Lipinski definition) is 1. The maximum Gasteiger partial charge on any atom is 0.252 e. The Kier molecular flexibility index (Phi) is 4.17. The second-order valence-electron chi connectivity index (χ2n) is 8.46. The molecule has 1 aromatic carbocycles. The van der Waals surface area contributed by atoms with Crippen LogP contribution in [0.15, 0.2) is 18.2 Å². The van der Waals surface area contributed by atoms with Crippen molar-refractivity contribution in [2.75, 3.05) is 26.3 Å². The fourth-order valence-electron chi connectivity index (χ4n) is 5.51. The minimum absolute atomic E-state index is 0.232. The van der Waals surface area contributed by atoms with Gasteiger partial charge >= 0.3 is 0 Å². The van der Waals surface area contributed by atoms with Crippen LogP contribution >= 0.6 is 0 Å². The molecule has 3 aliphatic heterocycles. The third-order valence-corrected chi connectivity index (χ3v) is 7.02. The number of ether oxygens (including phenoxy) is 2. The lowest BCUT2D eigenvalue weighted by molar-refractivity contribution is 0.0357. The quantitative estimate of drug-likeness (QED) is 0.898. The standard InChI is InChI=1S/C21H28N2O3/c22-21(24)16-3-1-2-13-4-5-15(26-20(13)16)10-17-18-11-23(12-19(17)18)14-6-8-25-9-7-14/h1-3,14-15,17-19H,4-12H2,(H2,22,24). The molecule has 26 heavy (non-hydrogen) atoms. The van der Waals surface area contributed by atoms with Crippen molar-refractivity contribution in [2.45, 2.75) is 44.2 Å². The zero-order valence-corrected chi connectivity index (χ0v) is 15.2. The molecule has 3 heterocycles. The number of amides is 1. The summed E-state index contributed by atoms with van der Waals surface area (Å²) >= 11 is 0. The number of aryl methyl sites for hydroxylation is 1. The first-order valence-corrected chi connectivity index (χ1v) is 10.1. The van der Waals surface area contributed by atoms with E-state index in [9.17, 15) is 4.79 Å². The average Bonchev–Trinajstić information content (AvgIpc) is 3.11. The summed E-state index contributed by atoms with van der Waals surface area (Å²) in [5.41, 5.74) is 7.18. The number of nitrogens with two attached hydrogens (primary N) is 1. The van der Waals surface area contributed by atoms with Crippen LogP contribution in [0.2, 0.25) is 0 Å². The van der Waals surface area contributed by atoms with E-state index in [0.29, 0.717) is 5.56 Å². The summed E-state index contributed by atoms with van der Waals surface area (Å²) in [6.07, 6.45) is 5.79. The van der Waals surface area contributed by atoms with Gasteiger partial charge in [0.05, 0.1) is 11.7 Å². The molecule has 3 fully saturated rings. The molecule has 5 rings (SSSR count). The van der Waals surface area contributed by atoms with E-state index in [-0.39, 0.29) is 6.10 Å². The molecule has 0 radical (unpaired) electrons. The normalized spacial score (nSPS) is 34.0. The Labute approximate surface area is 154 Å². The van der Waals surface area contributed by atoms with Crippen molar-refractivity contribution in [2.24, 2.45) is 23.5 Å². The number of rotatable bonds is 4. The van der Waals surface area contributed by atoms with Crippen molar-refractivity contribution in [1.29, 1.82) is 0 Å². The molecule has 1 aliphatic carbocycles. The van der Waals surface area contributed by atoms with Gasteiger partial charge in [-0.05, 0) is 61.5 Å². The molecule has 1 saturated carbocycles. The largest absolute Gasteiger partial charge is 0.489 e. The smallest absolute Gasteiger partial charge is 0.252 e. The molecule has 0 spiro atoms. The van der Waals surface area contributed by atoms with Crippen molar-refractivity contribution in [3.8, 4) is 5.75 Å². The van der Waals surface area contributed by atoms with E-state index in [1.54, 1.807) is 6.07 Å². The van der Waals surface area contributed by atoms with Crippen molar-refractivity contribution < 1.29 is 14.3 Å². The topological polar surface area (TPSA) is 64.8 Å². The molecule has 3 unspecified atom stereocenters. The van der Waals surface area contributed by atoms with Crippen LogP contribution in [0.3, 0.4) is 0 Å². The molecular weight excluding hydrogens is 328 g/mol. The van der Waals surface area contributed by atoms with Gasteiger partial charge in [-0.3, -0.25) is 9.69 Å². The van der Waals surface area contributed by atoms with Gasteiger partial charge in [-0.15, -0.1) is 0 Å². The van der Waals surface area contributed by atoms with E-state index in [4.69, 9.17) is 15.2 Å². The van der Waals surface area contributed by atoms with Crippen LogP contribution in [0.5, 0.6) is 5.75 Å². The molecule has 1 aromatic rings. The van der Waals surface area contributed by atoms with Crippen LogP contribution in [-0.2, 0) is 11.2 Å². The first kappa shape index (κ1) is 16.6. The molecular formula is C21H28N2O3. The van der Waals surface area contributed by atoms with Gasteiger partial charge in [-0.2, -0.15) is 0 Å². The maximum absolute atomic E-state index is 11.7. The first-order valence-electron chi connectivity index (χ1n) is 10.1. The Morgan fingerprint density at radius 1 is 1.15 bits per heavy atom. The summed E-state index contributed by atoms with van der Waals surface area (Å²) < 4.78 is 11.8. The van der Waals surface area contributed by atoms with Crippen molar-refractivity contribution >= 4 is 5.91 Å². The van der Waals surface area contributed by atoms with Crippen LogP contribution in [-0.4, -0.2) is 49.3 Å². The lowest BCUT2D eigenvalue weighted by atomic mass is 9.95. The van der Waals surface area contributed by atoms with E-state index in [0.717, 1.165) is 67.6 Å². The molecule has 1 amide bonds. The lowest BCUT2D eigenvalue weighted by Crippen LogP contribution is -2.39. The molecule has 0 bridgehead atoms. The summed E-state index contributed by atoms with van der Waals surface area (Å²) in [4.78, 5) is 14.4. The van der Waals surface area contributed by atoms with Gasteiger partial charge in [0.2, 0.25) is 0 Å². The second kappa shape index (κ2) is 6.54. The Balaban J connectivity index is 1.18. The van der Waals surface area contributed by atoms with Crippen LogP contribution in [0.1, 0.15) is 41.6 Å². The first-order chi connectivity index (χ1) is 12.7. The number of primary amides is 1. The summed E-state index contributed by atoms with van der Waals surface area (Å²) in [5.74, 6) is 2.87. The number of hydrogen-bond acceptors (Lipinski definition) is 4. The zero-order valence-electron chi connectivity index (χ0n) is 15.2. The molecule has 2 N–H and O–H groups in total. The molecule has 3 atom stereocenters. The summed E-state index contributed by atoms with van der Waals surface area (Å²) in [7, 11) is 0. The molecule has 0 aromatic heterocycles. The molecule has 140 valence electrons. The van der Waals surface area contributed by atoms with Crippen molar-refractivity contribution in [3.63, 3.8) is 0 Å². The Bertz CT molecular complexity index is 688. The number of fused-ring (bicyclic) bond motifs is 2. The monoisotopic (exact) mass is 356 g/mol. The number of para-hydroxylation sites is 1. The van der Waals surface area contributed by atoms with Crippen LogP contribution < -0.4 is 10.5 Å². The van der Waals surface area contributed by atoms with Gasteiger partial charge in [-0.25, -0.2) is 0 Å². The Morgan fingerprint density at radius 2 is 1.92 bits per heavy atom. The van der Waals surface area contributed by atoms with E-state index in [1.807, 2.05) is 6.07 Å². The Hall–Kier alpha value is -1.59. The third-order valence-electron chi connectivity index (χ3n) is 7.02. The Morgan fingerprint density at radius 3 is 2.65 bits per heavy atom. The number of piperidine rings is 1. The van der Waals surface area contributed by atoms with E-state index in [1.165, 1.54) is 25.9 Å². The maximum atomic E-state index is 11.7. The van der Waals surface area contributed by atoms with Gasteiger partial charge in [0, 0.05) is 32.3 Å². The van der Waals surface area contributed by atoms with Crippen molar-refractivity contribution in [1.82, 2.24) is 4.90 Å². The average molecular weight is 356 g/mol. The molecule has 5 nitrogen and oxygen atoms in total. The van der Waals surface area contributed by atoms with E-state index >= 15 is 0 Å². The van der Waals surface area contributed by atoms with Gasteiger partial charge in [-0.1, -0.05) is 12.1 Å². The van der Waals surface area contributed by atoms with Gasteiger partial charge in [0.1, 0.15) is 5.75 Å². The predicted molar refractivity (Wildman–Crippen MR) is 98.2 cm³/mol. The number of likely N-dealkylation sites (tertiary alicyclic amines) is 1. The minimum Gasteiger partial charge on any atom is -0.489 e. The third kappa shape index (κ3) is 2.91. The fraction of sp³-hybridized carbons (Fsp3) is 0.667. The van der Waals surface area contributed by atoms with Crippen LogP contribution in [0.4, 0.5) is 0 Å². The molecule has 5 heteroatoms. The SMILES string of the molecule is NC(=O)c1cccc2c1OC(CC1C3CN(C4CCOCC4)CC13)CC2. The highest BCUT2D eigenvalue weighted by Gasteiger charge is 2.56. The predicted octanol–water partition coefficient (Wildman–Crippen LogP) is 2.23. The van der Waals surface area contributed by atoms with Crippen LogP contribution in [0.25, 0.3) is 0 Å². The van der Waals surface area contributed by atoms with Gasteiger partial charge < -0.3 is 15.2 Å². The lowest BCUT2D eigenvalue weighted by Gasteiger charge is -2.33. The summed E-state index contributed by atoms with van der Waals surface area (Å²) in [5, 5.41) is 0. The number of benzene rings is 1. The highest BCUT2D eigenvalue weighted by molar-refractivity contribution is 5.96. The highest BCUT2D eigenvalue weighted by Crippen LogP contribution is 2.55. The van der Waals surface area contributed by atoms with E-state index in [2.05, 4.69) is 11.0 Å².